The van der Waals surface area contributed by atoms with Crippen molar-refractivity contribution in [2.24, 2.45) is 5.92 Å². The molecule has 2 aromatic rings. The third-order valence-corrected chi connectivity index (χ3v) is 6.83. The minimum Gasteiger partial charge on any atom is -0.342 e. The quantitative estimate of drug-likeness (QED) is 0.673. The number of likely N-dealkylation sites (tertiary alicyclic amines) is 2. The Bertz CT molecular complexity index is 837. The van der Waals surface area contributed by atoms with Gasteiger partial charge < -0.3 is 9.80 Å². The molecule has 0 aromatic heterocycles. The number of halogens is 1. The zero-order chi connectivity index (χ0) is 20.2. The van der Waals surface area contributed by atoms with Crippen LogP contribution < -0.4 is 0 Å². The van der Waals surface area contributed by atoms with Gasteiger partial charge in [0.15, 0.2) is 0 Å². The van der Waals surface area contributed by atoms with Crippen LogP contribution in [0.5, 0.6) is 0 Å². The molecule has 0 N–H and O–H groups in total. The maximum atomic E-state index is 13.0. The summed E-state index contributed by atoms with van der Waals surface area (Å²) in [7, 11) is 0. The molecule has 152 valence electrons. The second kappa shape index (κ2) is 9.12. The zero-order valence-corrected chi connectivity index (χ0v) is 18.2. The van der Waals surface area contributed by atoms with Crippen LogP contribution in [0, 0.1) is 5.92 Å². The van der Waals surface area contributed by atoms with Crippen LogP contribution in [0.4, 0.5) is 0 Å². The van der Waals surface area contributed by atoms with E-state index < -0.39 is 0 Å². The van der Waals surface area contributed by atoms with E-state index in [4.69, 9.17) is 0 Å². The molecule has 0 aliphatic carbocycles. The highest BCUT2D eigenvalue weighted by Crippen LogP contribution is 2.30. The summed E-state index contributed by atoms with van der Waals surface area (Å²) < 4.78 is 0.967. The standard InChI is InChI=1S/C24H27BrN2O2/c25-22-8-6-20(7-9-22)23(28)27-16-12-21(13-17-27)24(29)26-14-10-19(11-15-26)18-4-2-1-3-5-18/h1-9,19,21H,10-17H2. The second-order valence-corrected chi connectivity index (χ2v) is 9.00. The fourth-order valence-electron chi connectivity index (χ4n) is 4.52. The number of carbonyl (C=O) groups excluding carboxylic acids is 2. The number of rotatable bonds is 3. The lowest BCUT2D eigenvalue weighted by molar-refractivity contribution is -0.138. The summed E-state index contributed by atoms with van der Waals surface area (Å²) in [4.78, 5) is 29.6. The third kappa shape index (κ3) is 4.72. The molecule has 2 aliphatic heterocycles. The summed E-state index contributed by atoms with van der Waals surface area (Å²) in [6.45, 7) is 3.00. The molecule has 2 aromatic carbocycles. The summed E-state index contributed by atoms with van der Waals surface area (Å²) in [5.74, 6) is 0.960. The molecule has 29 heavy (non-hydrogen) atoms. The van der Waals surface area contributed by atoms with Crippen molar-refractivity contribution in [3.05, 3.63) is 70.2 Å². The van der Waals surface area contributed by atoms with Gasteiger partial charge in [-0.05, 0) is 61.4 Å². The molecule has 4 rings (SSSR count). The van der Waals surface area contributed by atoms with Crippen LogP contribution in [0.15, 0.2) is 59.1 Å². The molecule has 0 saturated carbocycles. The van der Waals surface area contributed by atoms with Gasteiger partial charge in [-0.1, -0.05) is 46.3 Å². The summed E-state index contributed by atoms with van der Waals surface area (Å²) >= 11 is 3.40. The molecular formula is C24H27BrN2O2. The van der Waals surface area contributed by atoms with Gasteiger partial charge in [0.05, 0.1) is 0 Å². The predicted octanol–water partition coefficient (Wildman–Crippen LogP) is 4.71. The van der Waals surface area contributed by atoms with Crippen molar-refractivity contribution in [1.82, 2.24) is 9.80 Å². The molecule has 2 aliphatic rings. The summed E-state index contributed by atoms with van der Waals surface area (Å²) in [5, 5.41) is 0. The smallest absolute Gasteiger partial charge is 0.253 e. The van der Waals surface area contributed by atoms with Gasteiger partial charge in [-0.25, -0.2) is 0 Å². The van der Waals surface area contributed by atoms with Crippen LogP contribution in [0.3, 0.4) is 0 Å². The number of benzene rings is 2. The highest BCUT2D eigenvalue weighted by Gasteiger charge is 2.32. The molecule has 0 radical (unpaired) electrons. The molecule has 2 saturated heterocycles. The van der Waals surface area contributed by atoms with E-state index in [1.807, 2.05) is 29.2 Å². The lowest BCUT2D eigenvalue weighted by atomic mass is 9.88. The van der Waals surface area contributed by atoms with Gasteiger partial charge in [-0.15, -0.1) is 0 Å². The number of amides is 2. The maximum Gasteiger partial charge on any atom is 0.253 e. The van der Waals surface area contributed by atoms with Crippen LogP contribution in [-0.2, 0) is 4.79 Å². The summed E-state index contributed by atoms with van der Waals surface area (Å²) in [6, 6.07) is 18.1. The van der Waals surface area contributed by atoms with Crippen LogP contribution in [0.25, 0.3) is 0 Å². The normalized spacial score (nSPS) is 18.7. The van der Waals surface area contributed by atoms with Crippen molar-refractivity contribution < 1.29 is 9.59 Å². The zero-order valence-electron chi connectivity index (χ0n) is 16.6. The van der Waals surface area contributed by atoms with Crippen molar-refractivity contribution in [2.75, 3.05) is 26.2 Å². The maximum absolute atomic E-state index is 13.0. The van der Waals surface area contributed by atoms with E-state index in [1.165, 1.54) is 5.56 Å². The molecule has 0 unspecified atom stereocenters. The Balaban J connectivity index is 1.27. The number of carbonyl (C=O) groups is 2. The van der Waals surface area contributed by atoms with Gasteiger partial charge in [0.2, 0.25) is 5.91 Å². The van der Waals surface area contributed by atoms with Crippen LogP contribution >= 0.6 is 15.9 Å². The average molecular weight is 455 g/mol. The van der Waals surface area contributed by atoms with E-state index in [2.05, 4.69) is 51.2 Å². The van der Waals surface area contributed by atoms with Crippen molar-refractivity contribution in [3.63, 3.8) is 0 Å². The first kappa shape index (κ1) is 20.1. The van der Waals surface area contributed by atoms with E-state index in [0.29, 0.717) is 24.6 Å². The number of nitrogens with zero attached hydrogens (tertiary/aromatic N) is 2. The van der Waals surface area contributed by atoms with E-state index >= 15 is 0 Å². The summed E-state index contributed by atoms with van der Waals surface area (Å²) in [6.07, 6.45) is 3.60. The molecule has 2 amide bonds. The minimum atomic E-state index is 0.0530. The average Bonchev–Trinajstić information content (AvgIpc) is 2.79. The van der Waals surface area contributed by atoms with E-state index in [0.717, 1.165) is 43.2 Å². The Morgan fingerprint density at radius 1 is 0.759 bits per heavy atom. The molecule has 4 nitrogen and oxygen atoms in total. The molecule has 5 heteroatoms. The Morgan fingerprint density at radius 2 is 1.34 bits per heavy atom. The van der Waals surface area contributed by atoms with Crippen molar-refractivity contribution in [3.8, 4) is 0 Å². The SMILES string of the molecule is O=C(c1ccc(Br)cc1)N1CCC(C(=O)N2CCC(c3ccccc3)CC2)CC1. The first-order valence-electron chi connectivity index (χ1n) is 10.5. The molecule has 2 fully saturated rings. The van der Waals surface area contributed by atoms with Gasteiger partial charge in [-0.3, -0.25) is 9.59 Å². The number of hydrogen-bond donors (Lipinski definition) is 0. The highest BCUT2D eigenvalue weighted by atomic mass is 79.9. The number of piperidine rings is 2. The van der Waals surface area contributed by atoms with E-state index in [-0.39, 0.29) is 17.7 Å². The van der Waals surface area contributed by atoms with E-state index in [9.17, 15) is 9.59 Å². The van der Waals surface area contributed by atoms with Crippen molar-refractivity contribution in [2.45, 2.75) is 31.6 Å². The van der Waals surface area contributed by atoms with E-state index in [1.54, 1.807) is 0 Å². The van der Waals surface area contributed by atoms with Gasteiger partial charge in [0, 0.05) is 42.1 Å². The Hall–Kier alpha value is -2.14. The van der Waals surface area contributed by atoms with Gasteiger partial charge >= 0.3 is 0 Å². The first-order chi connectivity index (χ1) is 14.1. The lowest BCUT2D eigenvalue weighted by Gasteiger charge is -2.37. The Morgan fingerprint density at radius 3 is 1.97 bits per heavy atom. The molecule has 0 bridgehead atoms. The highest BCUT2D eigenvalue weighted by molar-refractivity contribution is 9.10. The fraction of sp³-hybridized carbons (Fsp3) is 0.417. The van der Waals surface area contributed by atoms with Gasteiger partial charge in [0.25, 0.3) is 5.91 Å². The van der Waals surface area contributed by atoms with Gasteiger partial charge in [0.1, 0.15) is 0 Å². The molecule has 0 atom stereocenters. The topological polar surface area (TPSA) is 40.6 Å². The predicted molar refractivity (Wildman–Crippen MR) is 118 cm³/mol. The Kier molecular flexibility index (Phi) is 6.34. The molecule has 0 spiro atoms. The van der Waals surface area contributed by atoms with Crippen molar-refractivity contribution >= 4 is 27.7 Å². The Labute approximate surface area is 181 Å². The van der Waals surface area contributed by atoms with Crippen molar-refractivity contribution in [1.29, 1.82) is 0 Å². The fourth-order valence-corrected chi connectivity index (χ4v) is 4.79. The second-order valence-electron chi connectivity index (χ2n) is 8.08. The molecule has 2 heterocycles. The number of hydrogen-bond acceptors (Lipinski definition) is 2. The first-order valence-corrected chi connectivity index (χ1v) is 11.3. The molecular weight excluding hydrogens is 428 g/mol. The summed E-state index contributed by atoms with van der Waals surface area (Å²) in [5.41, 5.74) is 2.10. The lowest BCUT2D eigenvalue weighted by Crippen LogP contribution is -2.46. The third-order valence-electron chi connectivity index (χ3n) is 6.30. The van der Waals surface area contributed by atoms with Crippen LogP contribution in [0.1, 0.15) is 47.5 Å². The monoisotopic (exact) mass is 454 g/mol. The van der Waals surface area contributed by atoms with Gasteiger partial charge in [-0.2, -0.15) is 0 Å². The largest absolute Gasteiger partial charge is 0.342 e. The van der Waals surface area contributed by atoms with Crippen LogP contribution in [-0.4, -0.2) is 47.8 Å². The minimum absolute atomic E-state index is 0.0530. The van der Waals surface area contributed by atoms with Crippen LogP contribution in [0.2, 0.25) is 0 Å².